The van der Waals surface area contributed by atoms with E-state index in [0.29, 0.717) is 6.04 Å². The molecule has 3 rings (SSSR count). The fourth-order valence-electron chi connectivity index (χ4n) is 2.14. The van der Waals surface area contributed by atoms with Gasteiger partial charge in [-0.3, -0.25) is 0 Å². The van der Waals surface area contributed by atoms with Gasteiger partial charge in [0, 0.05) is 24.5 Å². The highest BCUT2D eigenvalue weighted by molar-refractivity contribution is 5.55. The van der Waals surface area contributed by atoms with Crippen molar-refractivity contribution in [1.29, 1.82) is 0 Å². The molecule has 4 nitrogen and oxygen atoms in total. The lowest BCUT2D eigenvalue weighted by Crippen LogP contribution is -2.40. The van der Waals surface area contributed by atoms with Gasteiger partial charge < -0.3 is 19.7 Å². The normalized spacial score (nSPS) is 21.1. The molecule has 1 aromatic carbocycles. The van der Waals surface area contributed by atoms with Gasteiger partial charge in [-0.15, -0.1) is 0 Å². The summed E-state index contributed by atoms with van der Waals surface area (Å²) in [5.41, 5.74) is 2.46. The maximum Gasteiger partial charge on any atom is 0.0728 e. The molecule has 0 spiro atoms. The van der Waals surface area contributed by atoms with Crippen LogP contribution in [0, 0.1) is 0 Å². The number of rotatable bonds is 3. The van der Waals surface area contributed by atoms with E-state index in [4.69, 9.17) is 9.47 Å². The van der Waals surface area contributed by atoms with Crippen LogP contribution in [0.1, 0.15) is 0 Å². The van der Waals surface area contributed by atoms with E-state index in [2.05, 4.69) is 34.5 Å². The Morgan fingerprint density at radius 2 is 1.71 bits per heavy atom. The molecule has 0 atom stereocenters. The van der Waals surface area contributed by atoms with Crippen LogP contribution < -0.4 is 10.2 Å². The van der Waals surface area contributed by atoms with E-state index in [0.717, 1.165) is 39.5 Å². The van der Waals surface area contributed by atoms with Gasteiger partial charge in [-0.2, -0.15) is 0 Å². The maximum absolute atomic E-state index is 5.35. The van der Waals surface area contributed by atoms with Gasteiger partial charge in [0.25, 0.3) is 0 Å². The topological polar surface area (TPSA) is 33.7 Å². The Kier molecular flexibility index (Phi) is 3.16. The zero-order valence-corrected chi connectivity index (χ0v) is 9.89. The highest BCUT2D eigenvalue weighted by atomic mass is 16.5. The summed E-state index contributed by atoms with van der Waals surface area (Å²) in [7, 11) is 0. The lowest BCUT2D eigenvalue weighted by Gasteiger charge is -2.30. The first-order valence-corrected chi connectivity index (χ1v) is 6.19. The molecule has 0 radical (unpaired) electrons. The minimum Gasteiger partial charge on any atom is -0.378 e. The number of nitrogens with one attached hydrogen (secondary N) is 1. The Balaban J connectivity index is 1.62. The number of ether oxygens (including phenoxy) is 2. The minimum atomic E-state index is 0.490. The van der Waals surface area contributed by atoms with Crippen molar-refractivity contribution in [3.8, 4) is 0 Å². The van der Waals surface area contributed by atoms with Gasteiger partial charge in [0.1, 0.15) is 0 Å². The van der Waals surface area contributed by atoms with Gasteiger partial charge in [0.15, 0.2) is 0 Å². The van der Waals surface area contributed by atoms with Crippen molar-refractivity contribution < 1.29 is 9.47 Å². The molecule has 0 aromatic heterocycles. The van der Waals surface area contributed by atoms with E-state index >= 15 is 0 Å². The van der Waals surface area contributed by atoms with Gasteiger partial charge in [-0.25, -0.2) is 0 Å². The monoisotopic (exact) mass is 234 g/mol. The first kappa shape index (κ1) is 10.9. The summed E-state index contributed by atoms with van der Waals surface area (Å²) >= 11 is 0. The van der Waals surface area contributed by atoms with E-state index < -0.39 is 0 Å². The predicted molar refractivity (Wildman–Crippen MR) is 67.7 cm³/mol. The first-order valence-electron chi connectivity index (χ1n) is 6.19. The summed E-state index contributed by atoms with van der Waals surface area (Å²) in [6, 6.07) is 9.12. The number of hydrogen-bond donors (Lipinski definition) is 1. The summed E-state index contributed by atoms with van der Waals surface area (Å²) in [5.74, 6) is 0. The molecule has 17 heavy (non-hydrogen) atoms. The lowest BCUT2D eigenvalue weighted by molar-refractivity contribution is 0.0211. The molecule has 0 bridgehead atoms. The van der Waals surface area contributed by atoms with Crippen molar-refractivity contribution >= 4 is 11.4 Å². The standard InChI is InChI=1S/C13H18N2O2/c1-3-13(15-5-7-16-8-6-15)4-2-11(1)14-12-9-17-10-12/h1-4,12,14H,5-10H2. The van der Waals surface area contributed by atoms with Crippen LogP contribution in [0.5, 0.6) is 0 Å². The maximum atomic E-state index is 5.35. The average Bonchev–Trinajstić information content (AvgIpc) is 2.36. The highest BCUT2D eigenvalue weighted by Crippen LogP contribution is 2.20. The molecule has 2 aliphatic heterocycles. The Labute approximate surface area is 102 Å². The van der Waals surface area contributed by atoms with Crippen LogP contribution in [-0.4, -0.2) is 45.6 Å². The number of anilines is 2. The highest BCUT2D eigenvalue weighted by Gasteiger charge is 2.17. The molecule has 2 fully saturated rings. The molecule has 1 aromatic rings. The van der Waals surface area contributed by atoms with Crippen LogP contribution >= 0.6 is 0 Å². The third-order valence-electron chi connectivity index (χ3n) is 3.25. The molecular formula is C13H18N2O2. The smallest absolute Gasteiger partial charge is 0.0728 e. The summed E-state index contributed by atoms with van der Waals surface area (Å²) < 4.78 is 10.5. The molecule has 92 valence electrons. The second kappa shape index (κ2) is 4.94. The molecular weight excluding hydrogens is 216 g/mol. The zero-order chi connectivity index (χ0) is 11.5. The van der Waals surface area contributed by atoms with Crippen molar-refractivity contribution in [3.63, 3.8) is 0 Å². The molecule has 0 saturated carbocycles. The zero-order valence-electron chi connectivity index (χ0n) is 9.89. The molecule has 0 unspecified atom stereocenters. The fraction of sp³-hybridized carbons (Fsp3) is 0.538. The third kappa shape index (κ3) is 2.53. The van der Waals surface area contributed by atoms with Gasteiger partial charge in [-0.05, 0) is 24.3 Å². The van der Waals surface area contributed by atoms with Gasteiger partial charge >= 0.3 is 0 Å². The van der Waals surface area contributed by atoms with Gasteiger partial charge in [0.2, 0.25) is 0 Å². The largest absolute Gasteiger partial charge is 0.378 e. The van der Waals surface area contributed by atoms with E-state index in [1.807, 2.05) is 0 Å². The molecule has 2 saturated heterocycles. The second-order valence-corrected chi connectivity index (χ2v) is 4.53. The molecule has 4 heteroatoms. The van der Waals surface area contributed by atoms with Crippen LogP contribution in [0.4, 0.5) is 11.4 Å². The van der Waals surface area contributed by atoms with E-state index in [1.165, 1.54) is 11.4 Å². The minimum absolute atomic E-state index is 0.490. The number of hydrogen-bond acceptors (Lipinski definition) is 4. The molecule has 2 aliphatic rings. The van der Waals surface area contributed by atoms with E-state index in [1.54, 1.807) is 0 Å². The summed E-state index contributed by atoms with van der Waals surface area (Å²) in [5, 5.41) is 3.44. The fourth-order valence-corrected chi connectivity index (χ4v) is 2.14. The molecule has 0 aliphatic carbocycles. The predicted octanol–water partition coefficient (Wildman–Crippen LogP) is 1.33. The summed E-state index contributed by atoms with van der Waals surface area (Å²) in [6.07, 6.45) is 0. The van der Waals surface area contributed by atoms with Crippen molar-refractivity contribution in [2.45, 2.75) is 6.04 Å². The van der Waals surface area contributed by atoms with E-state index in [9.17, 15) is 0 Å². The average molecular weight is 234 g/mol. The van der Waals surface area contributed by atoms with Crippen molar-refractivity contribution in [2.75, 3.05) is 49.7 Å². The van der Waals surface area contributed by atoms with Crippen molar-refractivity contribution in [1.82, 2.24) is 0 Å². The molecule has 0 amide bonds. The molecule has 1 N–H and O–H groups in total. The third-order valence-corrected chi connectivity index (χ3v) is 3.25. The Hall–Kier alpha value is -1.26. The van der Waals surface area contributed by atoms with Crippen molar-refractivity contribution in [3.05, 3.63) is 24.3 Å². The summed E-state index contributed by atoms with van der Waals surface area (Å²) in [4.78, 5) is 2.36. The van der Waals surface area contributed by atoms with Gasteiger partial charge in [0.05, 0.1) is 32.5 Å². The Morgan fingerprint density at radius 3 is 2.29 bits per heavy atom. The number of morpholine rings is 1. The Bertz CT molecular complexity index is 356. The van der Waals surface area contributed by atoms with Crippen molar-refractivity contribution in [2.24, 2.45) is 0 Å². The first-order chi connectivity index (χ1) is 8.42. The SMILES string of the molecule is c1cc(N2CCOCC2)ccc1NC1COC1. The van der Waals surface area contributed by atoms with E-state index in [-0.39, 0.29) is 0 Å². The summed E-state index contributed by atoms with van der Waals surface area (Å²) in [6.45, 7) is 5.29. The second-order valence-electron chi connectivity index (χ2n) is 4.53. The van der Waals surface area contributed by atoms with Crippen LogP contribution in [0.25, 0.3) is 0 Å². The quantitative estimate of drug-likeness (QED) is 0.855. The van der Waals surface area contributed by atoms with Crippen LogP contribution in [0.3, 0.4) is 0 Å². The van der Waals surface area contributed by atoms with Gasteiger partial charge in [-0.1, -0.05) is 0 Å². The van der Waals surface area contributed by atoms with Crippen LogP contribution in [0.15, 0.2) is 24.3 Å². The lowest BCUT2D eigenvalue weighted by atomic mass is 10.2. The van der Waals surface area contributed by atoms with Crippen LogP contribution in [-0.2, 0) is 9.47 Å². The number of nitrogens with zero attached hydrogens (tertiary/aromatic N) is 1. The van der Waals surface area contributed by atoms with Crippen LogP contribution in [0.2, 0.25) is 0 Å². The Morgan fingerprint density at radius 1 is 1.00 bits per heavy atom. The molecule has 2 heterocycles. The number of benzene rings is 1.